The van der Waals surface area contributed by atoms with Gasteiger partial charge in [-0.2, -0.15) is 0 Å². The Kier molecular flexibility index (Phi) is 6.80. The highest BCUT2D eigenvalue weighted by atomic mass is 35.5. The van der Waals surface area contributed by atoms with Crippen LogP contribution in [-0.2, 0) is 4.79 Å². The molecule has 0 spiro atoms. The standard InChI is InChI=1S/C23H18Cl3N3O2S2/c1-9-4-12(6-13(24)5-9)18(10(2)27)20(21(30)31)29-23-28-19-15-8-17(26)16(25)7-14(15)11(3)32-22(19)33-23/h4-8,11H,27H2,1-3H3,(H,30,31). The van der Waals surface area contributed by atoms with Gasteiger partial charge in [0.2, 0.25) is 5.13 Å². The molecule has 2 aromatic carbocycles. The summed E-state index contributed by atoms with van der Waals surface area (Å²) in [5, 5.41) is 11.9. The minimum Gasteiger partial charge on any atom is -0.476 e. The maximum absolute atomic E-state index is 12.3. The number of carboxylic acid groups (broad SMARTS) is 1. The summed E-state index contributed by atoms with van der Waals surface area (Å²) in [6.45, 7) is 5.58. The molecular weight excluding hydrogens is 521 g/mol. The molecule has 0 saturated carbocycles. The van der Waals surface area contributed by atoms with Gasteiger partial charge in [0.15, 0.2) is 5.71 Å². The van der Waals surface area contributed by atoms with E-state index in [4.69, 9.17) is 40.5 Å². The van der Waals surface area contributed by atoms with Crippen LogP contribution in [0.2, 0.25) is 15.1 Å². The number of rotatable bonds is 4. The Morgan fingerprint density at radius 2 is 1.85 bits per heavy atom. The van der Waals surface area contributed by atoms with Crippen LogP contribution in [0.5, 0.6) is 0 Å². The molecule has 0 amide bonds. The van der Waals surface area contributed by atoms with Crippen molar-refractivity contribution in [3.05, 3.63) is 67.8 Å². The number of fused-ring (bicyclic) bond motifs is 3. The van der Waals surface area contributed by atoms with E-state index in [1.54, 1.807) is 36.9 Å². The van der Waals surface area contributed by atoms with Gasteiger partial charge in [-0.15, -0.1) is 11.8 Å². The highest BCUT2D eigenvalue weighted by Gasteiger charge is 2.28. The summed E-state index contributed by atoms with van der Waals surface area (Å²) < 4.78 is 0.936. The fraction of sp³-hybridized carbons (Fsp3) is 0.174. The van der Waals surface area contributed by atoms with E-state index in [0.717, 1.165) is 20.9 Å². The third kappa shape index (κ3) is 4.79. The van der Waals surface area contributed by atoms with Gasteiger partial charge in [0.05, 0.1) is 19.9 Å². The molecule has 4 rings (SSSR count). The average Bonchev–Trinajstić information content (AvgIpc) is 3.10. The number of allylic oxidation sites excluding steroid dienone is 1. The number of aliphatic imine (C=N–C) groups is 1. The fourth-order valence-corrected chi connectivity index (χ4v) is 6.74. The molecule has 1 aromatic heterocycles. The number of carbonyl (C=O) groups is 1. The van der Waals surface area contributed by atoms with Gasteiger partial charge >= 0.3 is 5.97 Å². The number of thiazole rings is 1. The normalized spacial score (nSPS) is 16.2. The largest absolute Gasteiger partial charge is 0.476 e. The van der Waals surface area contributed by atoms with Gasteiger partial charge in [0.25, 0.3) is 0 Å². The number of carboxylic acids is 1. The summed E-state index contributed by atoms with van der Waals surface area (Å²) in [4.78, 5) is 21.3. The van der Waals surface area contributed by atoms with E-state index in [-0.39, 0.29) is 11.0 Å². The van der Waals surface area contributed by atoms with Gasteiger partial charge in [0, 0.05) is 27.1 Å². The number of nitrogens with two attached hydrogens (primary N) is 1. The minimum atomic E-state index is -1.21. The first-order chi connectivity index (χ1) is 15.5. The van der Waals surface area contributed by atoms with E-state index in [1.165, 1.54) is 11.3 Å². The summed E-state index contributed by atoms with van der Waals surface area (Å²) >= 11 is 21.6. The van der Waals surface area contributed by atoms with E-state index in [1.807, 2.05) is 19.1 Å². The Morgan fingerprint density at radius 1 is 1.15 bits per heavy atom. The van der Waals surface area contributed by atoms with Gasteiger partial charge in [-0.1, -0.05) is 52.2 Å². The molecule has 10 heteroatoms. The lowest BCUT2D eigenvalue weighted by atomic mass is 9.97. The van der Waals surface area contributed by atoms with Crippen LogP contribution in [0.3, 0.4) is 0 Å². The Morgan fingerprint density at radius 3 is 2.48 bits per heavy atom. The number of aromatic nitrogens is 1. The van der Waals surface area contributed by atoms with Crippen molar-refractivity contribution in [2.24, 2.45) is 10.7 Å². The van der Waals surface area contributed by atoms with E-state index in [9.17, 15) is 9.90 Å². The van der Waals surface area contributed by atoms with E-state index in [0.29, 0.717) is 42.7 Å². The van der Waals surface area contributed by atoms with Crippen LogP contribution in [0.15, 0.2) is 45.2 Å². The third-order valence-corrected chi connectivity index (χ3v) is 8.26. The Bertz CT molecular complexity index is 1340. The SMILES string of the molecule is CC(N)=C(C(=Nc1nc2c(s1)SC(C)c1cc(Cl)c(Cl)cc1-2)C(=O)O)c1cc(C)cc(Cl)c1. The molecule has 1 aliphatic rings. The molecule has 0 aliphatic carbocycles. The molecule has 0 saturated heterocycles. The zero-order chi connectivity index (χ0) is 24.0. The lowest BCUT2D eigenvalue weighted by Crippen LogP contribution is -2.18. The molecule has 2 heterocycles. The Hall–Kier alpha value is -2.03. The summed E-state index contributed by atoms with van der Waals surface area (Å²) in [7, 11) is 0. The fourth-order valence-electron chi connectivity index (χ4n) is 3.66. The van der Waals surface area contributed by atoms with E-state index in [2.05, 4.69) is 16.9 Å². The van der Waals surface area contributed by atoms with E-state index >= 15 is 0 Å². The van der Waals surface area contributed by atoms with E-state index < -0.39 is 5.97 Å². The number of benzene rings is 2. The quantitative estimate of drug-likeness (QED) is 0.331. The number of aliphatic carboxylic acids is 1. The average molecular weight is 539 g/mol. The maximum Gasteiger partial charge on any atom is 0.355 e. The first-order valence-electron chi connectivity index (χ1n) is 9.78. The highest BCUT2D eigenvalue weighted by molar-refractivity contribution is 8.01. The number of nitrogens with zero attached hydrogens (tertiary/aromatic N) is 2. The van der Waals surface area contributed by atoms with Crippen molar-refractivity contribution in [2.45, 2.75) is 30.2 Å². The highest BCUT2D eigenvalue weighted by Crippen LogP contribution is 2.53. The molecule has 5 nitrogen and oxygen atoms in total. The van der Waals surface area contributed by atoms with Gasteiger partial charge in [0.1, 0.15) is 0 Å². The van der Waals surface area contributed by atoms with Crippen LogP contribution in [0.25, 0.3) is 16.8 Å². The van der Waals surface area contributed by atoms with Crippen molar-refractivity contribution < 1.29 is 9.90 Å². The summed E-state index contributed by atoms with van der Waals surface area (Å²) in [6, 6.07) is 8.93. The van der Waals surface area contributed by atoms with Gasteiger partial charge < -0.3 is 10.8 Å². The molecule has 1 unspecified atom stereocenters. The van der Waals surface area contributed by atoms with Crippen molar-refractivity contribution in [1.29, 1.82) is 0 Å². The lowest BCUT2D eigenvalue weighted by molar-refractivity contribution is -0.129. The van der Waals surface area contributed by atoms with Gasteiger partial charge in [-0.3, -0.25) is 0 Å². The predicted octanol–water partition coefficient (Wildman–Crippen LogP) is 7.79. The van der Waals surface area contributed by atoms with Crippen LogP contribution in [0.1, 0.15) is 35.8 Å². The zero-order valence-electron chi connectivity index (χ0n) is 17.7. The number of hydrogen-bond acceptors (Lipinski definition) is 6. The molecule has 33 heavy (non-hydrogen) atoms. The second kappa shape index (κ2) is 9.31. The molecule has 3 N–H and O–H groups in total. The molecule has 0 fully saturated rings. The lowest BCUT2D eigenvalue weighted by Gasteiger charge is -2.21. The van der Waals surface area contributed by atoms with Crippen molar-refractivity contribution in [1.82, 2.24) is 4.98 Å². The zero-order valence-corrected chi connectivity index (χ0v) is 21.6. The number of aryl methyl sites for hydroxylation is 1. The smallest absolute Gasteiger partial charge is 0.355 e. The maximum atomic E-state index is 12.3. The van der Waals surface area contributed by atoms with Gasteiger partial charge in [-0.05, 0) is 61.7 Å². The minimum absolute atomic E-state index is 0.134. The van der Waals surface area contributed by atoms with Crippen molar-refractivity contribution in [3.8, 4) is 11.3 Å². The third-order valence-electron chi connectivity index (χ3n) is 5.03. The van der Waals surface area contributed by atoms with Crippen molar-refractivity contribution in [3.63, 3.8) is 0 Å². The molecule has 3 aromatic rings. The van der Waals surface area contributed by atoms with Crippen LogP contribution < -0.4 is 5.73 Å². The number of hydrogen-bond donors (Lipinski definition) is 2. The Labute approximate surface area is 214 Å². The topological polar surface area (TPSA) is 88.6 Å². The van der Waals surface area contributed by atoms with Crippen LogP contribution in [0, 0.1) is 6.92 Å². The summed E-state index contributed by atoms with van der Waals surface area (Å²) in [5.41, 5.74) is 10.6. The number of halogens is 3. The molecule has 170 valence electrons. The second-order valence-corrected chi connectivity index (χ2v) is 11.4. The predicted molar refractivity (Wildman–Crippen MR) is 140 cm³/mol. The Balaban J connectivity index is 1.86. The summed E-state index contributed by atoms with van der Waals surface area (Å²) in [5.74, 6) is -1.21. The first kappa shape index (κ1) is 24.1. The van der Waals surface area contributed by atoms with Crippen molar-refractivity contribution >= 4 is 80.3 Å². The number of thioether (sulfide) groups is 1. The van der Waals surface area contributed by atoms with Crippen molar-refractivity contribution in [2.75, 3.05) is 0 Å². The van der Waals surface area contributed by atoms with Crippen LogP contribution >= 0.6 is 57.9 Å². The van der Waals surface area contributed by atoms with Crippen LogP contribution in [0.4, 0.5) is 5.13 Å². The van der Waals surface area contributed by atoms with Gasteiger partial charge in [-0.25, -0.2) is 14.8 Å². The first-order valence-corrected chi connectivity index (χ1v) is 12.6. The molecule has 0 radical (unpaired) electrons. The molecule has 0 bridgehead atoms. The molecular formula is C23H18Cl3N3O2S2. The molecule has 1 aliphatic heterocycles. The molecule has 1 atom stereocenters. The summed E-state index contributed by atoms with van der Waals surface area (Å²) in [6.07, 6.45) is 0. The second-order valence-electron chi connectivity index (χ2n) is 7.59. The van der Waals surface area contributed by atoms with Crippen LogP contribution in [-0.4, -0.2) is 21.8 Å². The monoisotopic (exact) mass is 537 g/mol.